The maximum absolute atomic E-state index is 7.63. The number of fused-ring (bicyclic) bond motifs is 1. The predicted octanol–water partition coefficient (Wildman–Crippen LogP) is 1.49. The summed E-state index contributed by atoms with van der Waals surface area (Å²) in [6, 6.07) is 0. The molecule has 15 heavy (non-hydrogen) atoms. The van der Waals surface area contributed by atoms with Crippen LogP contribution in [-0.2, 0) is 17.8 Å². The lowest BCUT2D eigenvalue weighted by molar-refractivity contribution is 0.110. The van der Waals surface area contributed by atoms with E-state index in [1.165, 1.54) is 5.69 Å². The van der Waals surface area contributed by atoms with Gasteiger partial charge in [0.15, 0.2) is 0 Å². The highest BCUT2D eigenvalue weighted by Crippen LogP contribution is 2.28. The van der Waals surface area contributed by atoms with Crippen LogP contribution in [0, 0.1) is 5.41 Å². The van der Waals surface area contributed by atoms with Gasteiger partial charge in [-0.25, -0.2) is 0 Å². The Morgan fingerprint density at radius 3 is 2.87 bits per heavy atom. The van der Waals surface area contributed by atoms with E-state index in [9.17, 15) is 0 Å². The number of nitrogens with two attached hydrogens (primary N) is 1. The van der Waals surface area contributed by atoms with Crippen molar-refractivity contribution < 1.29 is 4.74 Å². The van der Waals surface area contributed by atoms with E-state index in [1.807, 2.05) is 0 Å². The van der Waals surface area contributed by atoms with Gasteiger partial charge in [0, 0.05) is 28.9 Å². The Morgan fingerprint density at radius 2 is 2.27 bits per heavy atom. The van der Waals surface area contributed by atoms with Crippen molar-refractivity contribution in [2.24, 2.45) is 5.73 Å². The van der Waals surface area contributed by atoms with Crippen molar-refractivity contribution in [3.05, 3.63) is 22.5 Å². The van der Waals surface area contributed by atoms with E-state index in [0.29, 0.717) is 12.5 Å². The molecule has 0 radical (unpaired) electrons. The standard InChI is InChI=1S/C11H17N3O/c1-6(2)10-9(11(12)13)7-5-15-4-3-8(7)14-10/h6,14H,3-5H2,1-2H3,(H3,12,13). The molecule has 1 aliphatic rings. The second kappa shape index (κ2) is 3.70. The van der Waals surface area contributed by atoms with Crippen molar-refractivity contribution >= 4 is 5.84 Å². The fourth-order valence-corrected chi connectivity index (χ4v) is 2.08. The summed E-state index contributed by atoms with van der Waals surface area (Å²) in [4.78, 5) is 3.38. The highest BCUT2D eigenvalue weighted by atomic mass is 16.5. The molecule has 0 atom stereocenters. The fraction of sp³-hybridized carbons (Fsp3) is 0.545. The number of nitrogen functional groups attached to an aromatic ring is 1. The first-order chi connectivity index (χ1) is 7.11. The summed E-state index contributed by atoms with van der Waals surface area (Å²) in [5.74, 6) is 0.496. The molecule has 0 aliphatic carbocycles. The Balaban J connectivity index is 2.56. The Labute approximate surface area is 89.3 Å². The molecule has 2 heterocycles. The van der Waals surface area contributed by atoms with E-state index in [1.54, 1.807) is 0 Å². The number of H-pyrrole nitrogens is 1. The maximum atomic E-state index is 7.63. The molecule has 1 aromatic rings. The first-order valence-electron chi connectivity index (χ1n) is 5.27. The van der Waals surface area contributed by atoms with Crippen LogP contribution in [0.15, 0.2) is 0 Å². The van der Waals surface area contributed by atoms with E-state index in [4.69, 9.17) is 15.9 Å². The zero-order chi connectivity index (χ0) is 11.0. The second-order valence-corrected chi connectivity index (χ2v) is 4.24. The quantitative estimate of drug-likeness (QED) is 0.507. The third-order valence-electron chi connectivity index (χ3n) is 2.81. The molecule has 0 fully saturated rings. The van der Waals surface area contributed by atoms with Crippen molar-refractivity contribution in [3.8, 4) is 0 Å². The van der Waals surface area contributed by atoms with Crippen molar-refractivity contribution in [2.75, 3.05) is 6.61 Å². The molecule has 0 saturated carbocycles. The van der Waals surface area contributed by atoms with Crippen molar-refractivity contribution in [3.63, 3.8) is 0 Å². The van der Waals surface area contributed by atoms with Crippen LogP contribution in [0.25, 0.3) is 0 Å². The lowest BCUT2D eigenvalue weighted by Gasteiger charge is -2.13. The first-order valence-corrected chi connectivity index (χ1v) is 5.27. The second-order valence-electron chi connectivity index (χ2n) is 4.24. The molecule has 0 bridgehead atoms. The SMILES string of the molecule is CC(C)c1[nH]c2c(c1C(=N)N)COCC2. The van der Waals surface area contributed by atoms with E-state index < -0.39 is 0 Å². The maximum Gasteiger partial charge on any atom is 0.125 e. The molecule has 82 valence electrons. The third-order valence-corrected chi connectivity index (χ3v) is 2.81. The van der Waals surface area contributed by atoms with Gasteiger partial charge in [-0.15, -0.1) is 0 Å². The number of aromatic nitrogens is 1. The third kappa shape index (κ3) is 1.65. The van der Waals surface area contributed by atoms with Crippen molar-refractivity contribution in [1.29, 1.82) is 5.41 Å². The Bertz CT molecular complexity index is 393. The highest BCUT2D eigenvalue weighted by molar-refractivity contribution is 5.98. The molecule has 4 N–H and O–H groups in total. The molecule has 1 aliphatic heterocycles. The van der Waals surface area contributed by atoms with E-state index in [0.717, 1.165) is 29.8 Å². The number of ether oxygens (including phenoxy) is 1. The highest BCUT2D eigenvalue weighted by Gasteiger charge is 2.23. The summed E-state index contributed by atoms with van der Waals surface area (Å²) in [7, 11) is 0. The van der Waals surface area contributed by atoms with Crippen LogP contribution in [-0.4, -0.2) is 17.4 Å². The Kier molecular flexibility index (Phi) is 2.52. The van der Waals surface area contributed by atoms with Crippen LogP contribution in [0.5, 0.6) is 0 Å². The van der Waals surface area contributed by atoms with Crippen LogP contribution < -0.4 is 5.73 Å². The molecule has 4 nitrogen and oxygen atoms in total. The van der Waals surface area contributed by atoms with Gasteiger partial charge in [0.25, 0.3) is 0 Å². The lowest BCUT2D eigenvalue weighted by atomic mass is 10.0. The minimum absolute atomic E-state index is 0.140. The number of hydrogen-bond donors (Lipinski definition) is 3. The summed E-state index contributed by atoms with van der Waals surface area (Å²) in [5.41, 5.74) is 9.83. The van der Waals surface area contributed by atoms with Crippen LogP contribution in [0.3, 0.4) is 0 Å². The van der Waals surface area contributed by atoms with Gasteiger partial charge in [0.1, 0.15) is 5.84 Å². The zero-order valence-electron chi connectivity index (χ0n) is 9.18. The number of rotatable bonds is 2. The summed E-state index contributed by atoms with van der Waals surface area (Å²) in [6.07, 6.45) is 0.891. The number of hydrogen-bond acceptors (Lipinski definition) is 2. The summed E-state index contributed by atoms with van der Waals surface area (Å²) >= 11 is 0. The monoisotopic (exact) mass is 207 g/mol. The molecule has 0 unspecified atom stereocenters. The molecule has 0 amide bonds. The molecule has 0 spiro atoms. The number of aromatic amines is 1. The normalized spacial score (nSPS) is 15.4. The molecule has 2 rings (SSSR count). The largest absolute Gasteiger partial charge is 0.384 e. The van der Waals surface area contributed by atoms with Gasteiger partial charge in [-0.05, 0) is 5.92 Å². The molecule has 0 saturated heterocycles. The van der Waals surface area contributed by atoms with Gasteiger partial charge in [-0.3, -0.25) is 5.41 Å². The fourth-order valence-electron chi connectivity index (χ4n) is 2.08. The van der Waals surface area contributed by atoms with Crippen molar-refractivity contribution in [2.45, 2.75) is 32.8 Å². The van der Waals surface area contributed by atoms with Crippen LogP contribution >= 0.6 is 0 Å². The number of nitrogens with one attached hydrogen (secondary N) is 2. The predicted molar refractivity (Wildman–Crippen MR) is 59.3 cm³/mol. The van der Waals surface area contributed by atoms with E-state index in [2.05, 4.69) is 18.8 Å². The van der Waals surface area contributed by atoms with E-state index in [-0.39, 0.29) is 5.84 Å². The number of amidine groups is 1. The van der Waals surface area contributed by atoms with Gasteiger partial charge >= 0.3 is 0 Å². The zero-order valence-corrected chi connectivity index (χ0v) is 9.18. The van der Waals surface area contributed by atoms with Crippen LogP contribution in [0.1, 0.15) is 42.3 Å². The molecule has 4 heteroatoms. The van der Waals surface area contributed by atoms with Crippen molar-refractivity contribution in [1.82, 2.24) is 4.98 Å². The average Bonchev–Trinajstić information content (AvgIpc) is 2.56. The molecular formula is C11H17N3O. The van der Waals surface area contributed by atoms with Gasteiger partial charge < -0.3 is 15.5 Å². The summed E-state index contributed by atoms with van der Waals surface area (Å²) < 4.78 is 5.41. The Hall–Kier alpha value is -1.29. The minimum atomic E-state index is 0.140. The minimum Gasteiger partial charge on any atom is -0.384 e. The van der Waals surface area contributed by atoms with Gasteiger partial charge in [0.05, 0.1) is 13.2 Å². The summed E-state index contributed by atoms with van der Waals surface area (Å²) in [6.45, 7) is 5.53. The molecule has 0 aromatic carbocycles. The molecular weight excluding hydrogens is 190 g/mol. The first kappa shape index (κ1) is 10.2. The van der Waals surface area contributed by atoms with Crippen LogP contribution in [0.4, 0.5) is 0 Å². The average molecular weight is 207 g/mol. The summed E-state index contributed by atoms with van der Waals surface area (Å²) in [5, 5.41) is 7.63. The van der Waals surface area contributed by atoms with Gasteiger partial charge in [-0.1, -0.05) is 13.8 Å². The smallest absolute Gasteiger partial charge is 0.125 e. The van der Waals surface area contributed by atoms with E-state index >= 15 is 0 Å². The Morgan fingerprint density at radius 1 is 1.53 bits per heavy atom. The van der Waals surface area contributed by atoms with Gasteiger partial charge in [-0.2, -0.15) is 0 Å². The van der Waals surface area contributed by atoms with Crippen LogP contribution in [0.2, 0.25) is 0 Å². The topological polar surface area (TPSA) is 74.9 Å². The molecule has 1 aromatic heterocycles. The lowest BCUT2D eigenvalue weighted by Crippen LogP contribution is -2.17. The van der Waals surface area contributed by atoms with Gasteiger partial charge in [0.2, 0.25) is 0 Å².